The first-order valence-electron chi connectivity index (χ1n) is 22.8. The topological polar surface area (TPSA) is 129 Å². The molecular formula is C48H71N9O3. The van der Waals surface area contributed by atoms with Crippen LogP contribution in [0.4, 0.5) is 17.5 Å². The maximum atomic E-state index is 13.1. The zero-order valence-corrected chi connectivity index (χ0v) is 37.7. The van der Waals surface area contributed by atoms with Crippen molar-refractivity contribution in [1.82, 2.24) is 34.6 Å². The van der Waals surface area contributed by atoms with Crippen LogP contribution in [0.2, 0.25) is 0 Å². The second kappa shape index (κ2) is 22.1. The molecule has 4 aliphatic rings. The van der Waals surface area contributed by atoms with Crippen LogP contribution in [0.25, 0.3) is 11.0 Å². The molecule has 3 saturated heterocycles. The van der Waals surface area contributed by atoms with Gasteiger partial charge in [-0.05, 0) is 92.4 Å². The number of piperidine rings is 2. The summed E-state index contributed by atoms with van der Waals surface area (Å²) in [5.41, 5.74) is 5.17. The Bertz CT molecular complexity index is 1980. The summed E-state index contributed by atoms with van der Waals surface area (Å²) >= 11 is 0. The second-order valence-electron chi connectivity index (χ2n) is 16.9. The predicted molar refractivity (Wildman–Crippen MR) is 244 cm³/mol. The highest BCUT2D eigenvalue weighted by Gasteiger charge is 2.41. The Hall–Kier alpha value is -4.84. The number of aromatic nitrogens is 4. The van der Waals surface area contributed by atoms with Crippen LogP contribution in [0, 0.1) is 5.41 Å². The Labute approximate surface area is 358 Å². The first-order valence-corrected chi connectivity index (χ1v) is 22.8. The van der Waals surface area contributed by atoms with Crippen molar-refractivity contribution in [3.05, 3.63) is 71.7 Å². The molecule has 60 heavy (non-hydrogen) atoms. The van der Waals surface area contributed by atoms with E-state index in [0.29, 0.717) is 35.7 Å². The van der Waals surface area contributed by atoms with Gasteiger partial charge in [0.2, 0.25) is 17.8 Å². The minimum Gasteiger partial charge on any atom is -0.371 e. The highest BCUT2D eigenvalue weighted by atomic mass is 16.2. The van der Waals surface area contributed by atoms with E-state index < -0.39 is 0 Å². The largest absolute Gasteiger partial charge is 0.371 e. The van der Waals surface area contributed by atoms with Crippen LogP contribution in [0.1, 0.15) is 152 Å². The zero-order valence-electron chi connectivity index (χ0n) is 37.7. The van der Waals surface area contributed by atoms with Crippen molar-refractivity contribution < 1.29 is 14.4 Å². The van der Waals surface area contributed by atoms with Gasteiger partial charge in [-0.1, -0.05) is 91.8 Å². The zero-order chi connectivity index (χ0) is 43.2. The lowest BCUT2D eigenvalue weighted by molar-refractivity contribution is -0.134. The fraction of sp³-hybridized carbons (Fsp3) is 0.583. The fourth-order valence-corrected chi connectivity index (χ4v) is 8.64. The van der Waals surface area contributed by atoms with E-state index >= 15 is 0 Å². The van der Waals surface area contributed by atoms with Gasteiger partial charge in [-0.2, -0.15) is 4.98 Å². The molecule has 1 atom stereocenters. The van der Waals surface area contributed by atoms with E-state index in [1.54, 1.807) is 25.2 Å². The molecule has 2 N–H and O–H groups in total. The molecule has 1 aliphatic carbocycles. The van der Waals surface area contributed by atoms with E-state index in [1.807, 2.05) is 32.2 Å². The molecule has 3 aliphatic heterocycles. The summed E-state index contributed by atoms with van der Waals surface area (Å²) in [7, 11) is 3.57. The van der Waals surface area contributed by atoms with Crippen molar-refractivity contribution in [2.24, 2.45) is 5.41 Å². The highest BCUT2D eigenvalue weighted by molar-refractivity contribution is 6.01. The molecule has 12 heteroatoms. The van der Waals surface area contributed by atoms with Gasteiger partial charge in [-0.25, -0.2) is 9.97 Å². The molecule has 3 amide bonds. The number of nitrogens with one attached hydrogen (secondary N) is 2. The first-order chi connectivity index (χ1) is 29.1. The Morgan fingerprint density at radius 2 is 1.55 bits per heavy atom. The predicted octanol–water partition coefficient (Wildman–Crippen LogP) is 9.65. The van der Waals surface area contributed by atoms with Crippen molar-refractivity contribution in [1.29, 1.82) is 0 Å². The number of unbranched alkanes of at least 4 members (excludes halogenated alkanes) is 1. The number of amides is 3. The van der Waals surface area contributed by atoms with Crippen molar-refractivity contribution in [2.45, 2.75) is 137 Å². The van der Waals surface area contributed by atoms with Gasteiger partial charge in [0.25, 0.3) is 5.91 Å². The number of likely N-dealkylation sites (tertiary alicyclic amines) is 1. The van der Waals surface area contributed by atoms with Gasteiger partial charge in [0.15, 0.2) is 0 Å². The molecule has 1 unspecified atom stereocenters. The third-order valence-corrected chi connectivity index (χ3v) is 12.1. The van der Waals surface area contributed by atoms with Crippen molar-refractivity contribution >= 4 is 46.2 Å². The SMILES string of the molecule is CC.CCC.CCCC.CN(C)C(=O)c1cc2cnc(Nc3ccc(CN4CCC5(CC4)CCN(c4ccc(C6CCC(=O)NC6=O)cc4)C5)cn3)nc2n1C1CCCC1. The van der Waals surface area contributed by atoms with Crippen LogP contribution in [0.15, 0.2) is 54.9 Å². The maximum absolute atomic E-state index is 13.1. The van der Waals surface area contributed by atoms with Crippen LogP contribution >= 0.6 is 0 Å². The number of imide groups is 1. The van der Waals surface area contributed by atoms with Crippen LogP contribution < -0.4 is 15.5 Å². The Kier molecular flexibility index (Phi) is 17.1. The van der Waals surface area contributed by atoms with Gasteiger partial charge < -0.3 is 19.7 Å². The monoisotopic (exact) mass is 822 g/mol. The smallest absolute Gasteiger partial charge is 0.270 e. The number of hydrogen-bond acceptors (Lipinski definition) is 9. The summed E-state index contributed by atoms with van der Waals surface area (Å²) in [6.07, 6.45) is 16.6. The Morgan fingerprint density at radius 3 is 2.15 bits per heavy atom. The lowest BCUT2D eigenvalue weighted by atomic mass is 9.77. The second-order valence-corrected chi connectivity index (χ2v) is 16.9. The number of benzene rings is 1. The van der Waals surface area contributed by atoms with Crippen molar-refractivity contribution in [3.8, 4) is 0 Å². The molecule has 1 aromatic carbocycles. The molecule has 4 fully saturated rings. The molecule has 6 heterocycles. The van der Waals surface area contributed by atoms with E-state index in [0.717, 1.165) is 75.0 Å². The molecule has 8 rings (SSSR count). The summed E-state index contributed by atoms with van der Waals surface area (Å²) in [4.78, 5) is 57.7. The molecule has 4 aromatic rings. The van der Waals surface area contributed by atoms with E-state index in [-0.39, 0.29) is 29.7 Å². The third kappa shape index (κ3) is 11.5. The summed E-state index contributed by atoms with van der Waals surface area (Å²) in [5.74, 6) is 0.545. The number of carbonyl (C=O) groups excluding carboxylic acids is 3. The number of hydrogen-bond donors (Lipinski definition) is 2. The highest BCUT2D eigenvalue weighted by Crippen LogP contribution is 2.42. The lowest BCUT2D eigenvalue weighted by Gasteiger charge is -2.39. The number of nitrogens with zero attached hydrogens (tertiary/aromatic N) is 7. The van der Waals surface area contributed by atoms with Crippen LogP contribution in [-0.2, 0) is 16.1 Å². The van der Waals surface area contributed by atoms with Gasteiger partial charge >= 0.3 is 0 Å². The normalized spacial score (nSPS) is 18.8. The van der Waals surface area contributed by atoms with Gasteiger partial charge in [-0.3, -0.25) is 24.6 Å². The number of carbonyl (C=O) groups is 3. The molecule has 1 spiro atoms. The summed E-state index contributed by atoms with van der Waals surface area (Å²) in [6, 6.07) is 14.7. The molecule has 326 valence electrons. The summed E-state index contributed by atoms with van der Waals surface area (Å²) < 4.78 is 2.13. The van der Waals surface area contributed by atoms with E-state index in [1.165, 1.54) is 49.8 Å². The van der Waals surface area contributed by atoms with Crippen molar-refractivity contribution in [3.63, 3.8) is 0 Å². The van der Waals surface area contributed by atoms with Gasteiger partial charge in [-0.15, -0.1) is 0 Å². The fourth-order valence-electron chi connectivity index (χ4n) is 8.64. The van der Waals surface area contributed by atoms with Crippen LogP contribution in [0.5, 0.6) is 0 Å². The van der Waals surface area contributed by atoms with E-state index in [2.05, 4.69) is 88.0 Å². The molecule has 3 aromatic heterocycles. The minimum absolute atomic E-state index is 0.0172. The Morgan fingerprint density at radius 1 is 0.883 bits per heavy atom. The molecule has 1 saturated carbocycles. The number of anilines is 3. The van der Waals surface area contributed by atoms with Gasteiger partial charge in [0, 0.05) is 69.7 Å². The third-order valence-electron chi connectivity index (χ3n) is 12.1. The standard InChI is InChI=1S/C39H47N9O3.C4H10.C3H8.C2H6/c1-45(2)37(51)32-21-28-23-41-38(44-35(28)48(32)30-5-3-4-6-30)42-33-13-7-26(22-40-33)24-46-18-15-39(16-19-46)17-20-47(25-39)29-10-8-27(9-11-29)31-12-14-34(49)43-36(31)50;1-3-4-2;1-3-2;1-2/h7-11,13,21-23,30-31H,3-6,12,14-20,24-25H2,1-2H3,(H,43,49,50)(H,40,41,42,44);3-4H2,1-2H3;3H2,1-2H3;1-2H3. The maximum Gasteiger partial charge on any atom is 0.270 e. The molecule has 0 bridgehead atoms. The number of rotatable bonds is 9. The summed E-state index contributed by atoms with van der Waals surface area (Å²) in [6.45, 7) is 17.7. The van der Waals surface area contributed by atoms with Crippen LogP contribution in [-0.4, -0.2) is 87.3 Å². The van der Waals surface area contributed by atoms with Crippen LogP contribution in [0.3, 0.4) is 0 Å². The molecule has 12 nitrogen and oxygen atoms in total. The average molecular weight is 822 g/mol. The van der Waals surface area contributed by atoms with Gasteiger partial charge in [0.1, 0.15) is 17.2 Å². The van der Waals surface area contributed by atoms with Gasteiger partial charge in [0.05, 0.1) is 5.92 Å². The average Bonchev–Trinajstić information content (AvgIpc) is 4.03. The quantitative estimate of drug-likeness (QED) is 0.159. The van der Waals surface area contributed by atoms with Crippen molar-refractivity contribution in [2.75, 3.05) is 50.5 Å². The van der Waals surface area contributed by atoms with E-state index in [9.17, 15) is 14.4 Å². The molecule has 0 radical (unpaired) electrons. The van der Waals surface area contributed by atoms with E-state index in [4.69, 9.17) is 9.97 Å². The number of pyridine rings is 1. The summed E-state index contributed by atoms with van der Waals surface area (Å²) in [5, 5.41) is 6.63. The lowest BCUT2D eigenvalue weighted by Crippen LogP contribution is -2.41. The molecular weight excluding hydrogens is 751 g/mol. The number of fused-ring (bicyclic) bond motifs is 1. The Balaban J connectivity index is 0.000000699. The first kappa shape index (κ1) is 46.2. The minimum atomic E-state index is -0.242.